The third-order valence-corrected chi connectivity index (χ3v) is 3.50. The minimum absolute atomic E-state index is 0.255. The molecule has 88 valence electrons. The Labute approximate surface area is 102 Å². The lowest BCUT2D eigenvalue weighted by Crippen LogP contribution is -2.38. The second-order valence-corrected chi connectivity index (χ2v) is 4.44. The Hall–Kier alpha value is -1.30. The van der Waals surface area contributed by atoms with Gasteiger partial charge in [-0.3, -0.25) is 4.18 Å². The lowest BCUT2D eigenvalue weighted by molar-refractivity contribution is 0.281. The molecular weight excluding hydrogens is 241 g/mol. The van der Waals surface area contributed by atoms with Crippen LogP contribution in [0.5, 0.6) is 0 Å². The number of halogens is 1. The van der Waals surface area contributed by atoms with Gasteiger partial charge in [-0.2, -0.15) is 0 Å². The van der Waals surface area contributed by atoms with Crippen molar-refractivity contribution < 1.29 is 13.0 Å². The smallest absolute Gasteiger partial charge is 0.138 e. The third-order valence-electron chi connectivity index (χ3n) is 2.83. The molecule has 2 aromatic rings. The largest absolute Gasteiger partial charge is 0.467 e. The maximum atomic E-state index is 13.0. The molecule has 0 spiro atoms. The van der Waals surface area contributed by atoms with Crippen LogP contribution >= 0.6 is 12.2 Å². The van der Waals surface area contributed by atoms with Crippen molar-refractivity contribution in [3.63, 3.8) is 0 Å². The predicted molar refractivity (Wildman–Crippen MR) is 62.6 cm³/mol. The zero-order chi connectivity index (χ0) is 11.7. The van der Waals surface area contributed by atoms with Crippen LogP contribution in [0.4, 0.5) is 4.39 Å². The first kappa shape index (κ1) is 10.8. The van der Waals surface area contributed by atoms with Gasteiger partial charge in [0.15, 0.2) is 0 Å². The molecule has 0 bridgehead atoms. The molecule has 0 saturated carbocycles. The van der Waals surface area contributed by atoms with Gasteiger partial charge in [0.1, 0.15) is 17.1 Å². The van der Waals surface area contributed by atoms with Crippen LogP contribution < -0.4 is 4.72 Å². The van der Waals surface area contributed by atoms with Gasteiger partial charge < -0.3 is 4.42 Å². The fourth-order valence-corrected chi connectivity index (χ4v) is 2.62. The molecule has 1 atom stereocenters. The molecule has 1 aromatic heterocycles. The van der Waals surface area contributed by atoms with Gasteiger partial charge >= 0.3 is 0 Å². The highest BCUT2D eigenvalue weighted by Crippen LogP contribution is 2.37. The molecule has 0 amide bonds. The van der Waals surface area contributed by atoms with Crippen molar-refractivity contribution in [1.82, 2.24) is 4.72 Å². The van der Waals surface area contributed by atoms with E-state index in [1.807, 2.05) is 12.1 Å². The minimum Gasteiger partial charge on any atom is -0.467 e. The minimum atomic E-state index is -0.540. The summed E-state index contributed by atoms with van der Waals surface area (Å²) < 4.78 is 26.9. The molecule has 3 rings (SSSR count). The highest BCUT2D eigenvalue weighted by atomic mass is 32.2. The standard InChI is InChI=1S/C12H10FNO2S/c13-10-5-3-9(4-6-10)12(8-16-17-14-12)11-2-1-7-15-11/h1-7,14H,8H2. The Bertz CT molecular complexity index is 492. The van der Waals surface area contributed by atoms with Gasteiger partial charge in [-0.05, 0) is 29.8 Å². The molecule has 1 saturated heterocycles. The first-order chi connectivity index (χ1) is 8.31. The molecule has 1 aromatic carbocycles. The maximum Gasteiger partial charge on any atom is 0.138 e. The van der Waals surface area contributed by atoms with Crippen LogP contribution in [0, 0.1) is 5.82 Å². The normalized spacial score (nSPS) is 24.1. The Morgan fingerprint density at radius 2 is 2.06 bits per heavy atom. The molecule has 5 heteroatoms. The molecule has 1 fully saturated rings. The predicted octanol–water partition coefficient (Wildman–Crippen LogP) is 2.85. The number of hydrogen-bond acceptors (Lipinski definition) is 4. The van der Waals surface area contributed by atoms with Crippen LogP contribution in [0.1, 0.15) is 11.3 Å². The topological polar surface area (TPSA) is 34.4 Å². The van der Waals surface area contributed by atoms with E-state index in [2.05, 4.69) is 4.72 Å². The van der Waals surface area contributed by atoms with Crippen molar-refractivity contribution in [2.45, 2.75) is 5.54 Å². The summed E-state index contributed by atoms with van der Waals surface area (Å²) in [6.45, 7) is 0.441. The van der Waals surface area contributed by atoms with Gasteiger partial charge in [-0.25, -0.2) is 9.11 Å². The average molecular weight is 251 g/mol. The van der Waals surface area contributed by atoms with Crippen LogP contribution in [0.15, 0.2) is 47.1 Å². The van der Waals surface area contributed by atoms with Crippen molar-refractivity contribution in [3.8, 4) is 0 Å². The Morgan fingerprint density at radius 3 is 2.65 bits per heavy atom. The molecule has 0 radical (unpaired) electrons. The highest BCUT2D eigenvalue weighted by Gasteiger charge is 2.41. The monoisotopic (exact) mass is 251 g/mol. The van der Waals surface area contributed by atoms with E-state index in [1.165, 1.54) is 24.4 Å². The second kappa shape index (κ2) is 4.18. The number of hydrogen-bond donors (Lipinski definition) is 1. The summed E-state index contributed by atoms with van der Waals surface area (Å²) in [5.41, 5.74) is 0.376. The Kier molecular flexibility index (Phi) is 2.66. The zero-order valence-electron chi connectivity index (χ0n) is 8.85. The van der Waals surface area contributed by atoms with Crippen LogP contribution in [0.3, 0.4) is 0 Å². The summed E-state index contributed by atoms with van der Waals surface area (Å²) >= 11 is 1.17. The number of furan rings is 1. The van der Waals surface area contributed by atoms with Crippen LogP contribution in [0.2, 0.25) is 0 Å². The SMILES string of the molecule is Fc1ccc(C2(c3ccco3)COSN2)cc1. The highest BCUT2D eigenvalue weighted by molar-refractivity contribution is 7.92. The molecule has 3 nitrogen and oxygen atoms in total. The molecule has 1 aliphatic heterocycles. The van der Waals surface area contributed by atoms with E-state index in [1.54, 1.807) is 18.4 Å². The summed E-state index contributed by atoms with van der Waals surface area (Å²) in [6, 6.07) is 10.0. The number of nitrogens with one attached hydrogen (secondary N) is 1. The first-order valence-electron chi connectivity index (χ1n) is 5.17. The van der Waals surface area contributed by atoms with Gasteiger partial charge in [-0.15, -0.1) is 0 Å². The molecule has 1 N–H and O–H groups in total. The maximum absolute atomic E-state index is 13.0. The van der Waals surface area contributed by atoms with Crippen LogP contribution in [-0.4, -0.2) is 6.61 Å². The van der Waals surface area contributed by atoms with E-state index in [4.69, 9.17) is 8.60 Å². The molecule has 1 unspecified atom stereocenters. The summed E-state index contributed by atoms with van der Waals surface area (Å²) in [5.74, 6) is 0.504. The van der Waals surface area contributed by atoms with Gasteiger partial charge in [0.2, 0.25) is 0 Å². The fraction of sp³-hybridized carbons (Fsp3) is 0.167. The van der Waals surface area contributed by atoms with E-state index >= 15 is 0 Å². The average Bonchev–Trinajstić information content (AvgIpc) is 3.01. The second-order valence-electron chi connectivity index (χ2n) is 3.84. The van der Waals surface area contributed by atoms with Gasteiger partial charge in [0, 0.05) is 0 Å². The van der Waals surface area contributed by atoms with Crippen molar-refractivity contribution in [1.29, 1.82) is 0 Å². The van der Waals surface area contributed by atoms with Crippen molar-refractivity contribution >= 4 is 12.2 Å². The summed E-state index contributed by atoms with van der Waals surface area (Å²) in [7, 11) is 0. The number of rotatable bonds is 2. The quantitative estimate of drug-likeness (QED) is 0.657. The summed E-state index contributed by atoms with van der Waals surface area (Å²) in [5, 5.41) is 0. The first-order valence-corrected chi connectivity index (χ1v) is 5.91. The number of benzene rings is 1. The molecule has 0 aliphatic carbocycles. The van der Waals surface area contributed by atoms with Crippen LogP contribution in [0.25, 0.3) is 0 Å². The van der Waals surface area contributed by atoms with Crippen molar-refractivity contribution in [2.24, 2.45) is 0 Å². The Balaban J connectivity index is 2.09. The molecular formula is C12H10FNO2S. The zero-order valence-corrected chi connectivity index (χ0v) is 9.67. The van der Waals surface area contributed by atoms with Gasteiger partial charge in [0.05, 0.1) is 25.1 Å². The van der Waals surface area contributed by atoms with E-state index in [0.29, 0.717) is 6.61 Å². The van der Waals surface area contributed by atoms with Gasteiger partial charge in [0.25, 0.3) is 0 Å². The van der Waals surface area contributed by atoms with Crippen LogP contribution in [-0.2, 0) is 9.72 Å². The summed E-state index contributed by atoms with van der Waals surface area (Å²) in [4.78, 5) is 0. The third kappa shape index (κ3) is 1.76. The van der Waals surface area contributed by atoms with E-state index in [-0.39, 0.29) is 5.82 Å². The van der Waals surface area contributed by atoms with E-state index in [9.17, 15) is 4.39 Å². The summed E-state index contributed by atoms with van der Waals surface area (Å²) in [6.07, 6.45) is 1.62. The van der Waals surface area contributed by atoms with Crippen molar-refractivity contribution in [3.05, 3.63) is 59.8 Å². The van der Waals surface area contributed by atoms with E-state index in [0.717, 1.165) is 11.3 Å². The van der Waals surface area contributed by atoms with Crippen molar-refractivity contribution in [2.75, 3.05) is 6.61 Å². The lowest BCUT2D eigenvalue weighted by Gasteiger charge is -2.24. The molecule has 1 aliphatic rings. The molecule has 17 heavy (non-hydrogen) atoms. The molecule has 2 heterocycles. The Morgan fingerprint density at radius 1 is 1.24 bits per heavy atom. The van der Waals surface area contributed by atoms with E-state index < -0.39 is 5.54 Å². The van der Waals surface area contributed by atoms with Gasteiger partial charge in [-0.1, -0.05) is 12.1 Å². The lowest BCUT2D eigenvalue weighted by atomic mass is 9.89. The fourth-order valence-electron chi connectivity index (χ4n) is 1.91.